The maximum absolute atomic E-state index is 12.3. The summed E-state index contributed by atoms with van der Waals surface area (Å²) in [5.74, 6) is 2.59. The molecule has 29 heavy (non-hydrogen) atoms. The molecule has 0 N–H and O–H groups in total. The van der Waals surface area contributed by atoms with Gasteiger partial charge in [-0.25, -0.2) is 4.98 Å². The number of hydrogen-bond acceptors (Lipinski definition) is 4. The lowest BCUT2D eigenvalue weighted by molar-refractivity contribution is -0.127. The van der Waals surface area contributed by atoms with Gasteiger partial charge in [0.25, 0.3) is 0 Å². The lowest BCUT2D eigenvalue weighted by atomic mass is 10.1. The smallest absolute Gasteiger partial charge is 0.223 e. The summed E-state index contributed by atoms with van der Waals surface area (Å²) in [6.07, 6.45) is 2.24. The van der Waals surface area contributed by atoms with Crippen molar-refractivity contribution in [2.75, 3.05) is 26.8 Å². The number of nitrogens with zero attached hydrogens (tertiary/aromatic N) is 3. The molecule has 0 aliphatic carbocycles. The molecule has 6 heteroatoms. The van der Waals surface area contributed by atoms with Gasteiger partial charge in [0.1, 0.15) is 12.4 Å². The van der Waals surface area contributed by atoms with Crippen molar-refractivity contribution in [1.82, 2.24) is 14.5 Å². The third kappa shape index (κ3) is 3.83. The standard InChI is InChI=1S/C23H25N3O3/c1-3-12-25-16-17(15-22(25)27)23-24-18-8-4-5-9-19(18)26(23)13-14-29-21-11-7-6-10-20(21)28-2/h3-11,17H,1,12-16H2,2H3/t17-/m1/s1. The lowest BCUT2D eigenvalue weighted by Gasteiger charge is -2.16. The van der Waals surface area contributed by atoms with E-state index in [1.165, 1.54) is 0 Å². The summed E-state index contributed by atoms with van der Waals surface area (Å²) in [5.41, 5.74) is 2.00. The molecule has 3 aromatic rings. The Kier molecular flexibility index (Phi) is 5.51. The number of rotatable bonds is 8. The maximum Gasteiger partial charge on any atom is 0.223 e. The molecule has 2 aromatic carbocycles. The van der Waals surface area contributed by atoms with Crippen molar-refractivity contribution in [2.45, 2.75) is 18.9 Å². The van der Waals surface area contributed by atoms with E-state index in [0.717, 1.165) is 16.9 Å². The van der Waals surface area contributed by atoms with Crippen molar-refractivity contribution >= 4 is 16.9 Å². The van der Waals surface area contributed by atoms with Crippen LogP contribution in [0.15, 0.2) is 61.2 Å². The van der Waals surface area contributed by atoms with Gasteiger partial charge in [0.05, 0.1) is 24.7 Å². The van der Waals surface area contributed by atoms with Crippen LogP contribution in [-0.4, -0.2) is 47.2 Å². The minimum absolute atomic E-state index is 0.0705. The monoisotopic (exact) mass is 391 g/mol. The lowest BCUT2D eigenvalue weighted by Crippen LogP contribution is -2.25. The zero-order valence-corrected chi connectivity index (χ0v) is 16.6. The molecular weight excluding hydrogens is 366 g/mol. The molecule has 0 spiro atoms. The summed E-state index contributed by atoms with van der Waals surface area (Å²) in [7, 11) is 1.63. The number of imidazole rings is 1. The summed E-state index contributed by atoms with van der Waals surface area (Å²) in [4.78, 5) is 19.0. The van der Waals surface area contributed by atoms with E-state index in [4.69, 9.17) is 14.5 Å². The van der Waals surface area contributed by atoms with Gasteiger partial charge in [0.2, 0.25) is 5.91 Å². The highest BCUT2D eigenvalue weighted by atomic mass is 16.5. The van der Waals surface area contributed by atoms with Gasteiger partial charge in [-0.1, -0.05) is 30.3 Å². The number of ether oxygens (including phenoxy) is 2. The Morgan fingerprint density at radius 3 is 2.72 bits per heavy atom. The summed E-state index contributed by atoms with van der Waals surface area (Å²) < 4.78 is 13.5. The maximum atomic E-state index is 12.3. The van der Waals surface area contributed by atoms with Gasteiger partial charge in [-0.3, -0.25) is 4.79 Å². The molecule has 0 radical (unpaired) electrons. The fraction of sp³-hybridized carbons (Fsp3) is 0.304. The number of carbonyl (C=O) groups is 1. The first-order valence-electron chi connectivity index (χ1n) is 9.81. The number of fused-ring (bicyclic) bond motifs is 1. The Labute approximate surface area is 170 Å². The molecular formula is C23H25N3O3. The first kappa shape index (κ1) is 19.1. The highest BCUT2D eigenvalue weighted by molar-refractivity contribution is 5.81. The number of likely N-dealkylation sites (tertiary alicyclic amines) is 1. The molecule has 2 heterocycles. The van der Waals surface area contributed by atoms with Gasteiger partial charge in [-0.15, -0.1) is 6.58 Å². The summed E-state index contributed by atoms with van der Waals surface area (Å²) in [6.45, 7) is 6.11. The van der Waals surface area contributed by atoms with E-state index in [9.17, 15) is 4.79 Å². The van der Waals surface area contributed by atoms with Crippen molar-refractivity contribution in [3.63, 3.8) is 0 Å². The van der Waals surface area contributed by atoms with Gasteiger partial charge >= 0.3 is 0 Å². The molecule has 1 fully saturated rings. The van der Waals surface area contributed by atoms with Crippen LogP contribution in [0.3, 0.4) is 0 Å². The molecule has 0 unspecified atom stereocenters. The molecule has 1 aromatic heterocycles. The Hall–Kier alpha value is -3.28. The second-order valence-electron chi connectivity index (χ2n) is 7.10. The largest absolute Gasteiger partial charge is 0.493 e. The van der Waals surface area contributed by atoms with E-state index >= 15 is 0 Å². The predicted molar refractivity (Wildman–Crippen MR) is 112 cm³/mol. The van der Waals surface area contributed by atoms with E-state index in [0.29, 0.717) is 44.2 Å². The van der Waals surface area contributed by atoms with E-state index in [2.05, 4.69) is 17.2 Å². The summed E-state index contributed by atoms with van der Waals surface area (Å²) in [6, 6.07) is 15.7. The van der Waals surface area contributed by atoms with Crippen molar-refractivity contribution in [3.8, 4) is 11.5 Å². The Morgan fingerprint density at radius 2 is 1.93 bits per heavy atom. The minimum atomic E-state index is 0.0705. The Balaban J connectivity index is 1.57. The number of methoxy groups -OCH3 is 1. The van der Waals surface area contributed by atoms with E-state index in [1.54, 1.807) is 13.2 Å². The van der Waals surface area contributed by atoms with Crippen LogP contribution in [0.25, 0.3) is 11.0 Å². The van der Waals surface area contributed by atoms with Crippen LogP contribution < -0.4 is 9.47 Å². The van der Waals surface area contributed by atoms with E-state index < -0.39 is 0 Å². The third-order valence-electron chi connectivity index (χ3n) is 5.25. The molecule has 0 saturated carbocycles. The van der Waals surface area contributed by atoms with Crippen LogP contribution in [0.5, 0.6) is 11.5 Å². The molecule has 1 amide bonds. The van der Waals surface area contributed by atoms with Crippen molar-refractivity contribution in [3.05, 3.63) is 67.0 Å². The number of amides is 1. The SMILES string of the molecule is C=CCN1C[C@H](c2nc3ccccc3n2CCOc2ccccc2OC)CC1=O. The van der Waals surface area contributed by atoms with Crippen LogP contribution in [0.2, 0.25) is 0 Å². The quantitative estimate of drug-likeness (QED) is 0.550. The van der Waals surface area contributed by atoms with Crippen LogP contribution in [0, 0.1) is 0 Å². The average molecular weight is 391 g/mol. The Morgan fingerprint density at radius 1 is 1.17 bits per heavy atom. The zero-order chi connectivity index (χ0) is 20.2. The molecule has 1 aliphatic heterocycles. The molecule has 1 saturated heterocycles. The highest BCUT2D eigenvalue weighted by Gasteiger charge is 2.33. The zero-order valence-electron chi connectivity index (χ0n) is 16.6. The molecule has 150 valence electrons. The van der Waals surface area contributed by atoms with Crippen LogP contribution in [0.4, 0.5) is 0 Å². The van der Waals surface area contributed by atoms with Gasteiger partial charge in [-0.2, -0.15) is 0 Å². The summed E-state index contributed by atoms with van der Waals surface area (Å²) >= 11 is 0. The molecule has 1 aliphatic rings. The minimum Gasteiger partial charge on any atom is -0.493 e. The molecule has 1 atom stereocenters. The third-order valence-corrected chi connectivity index (χ3v) is 5.25. The van der Waals surface area contributed by atoms with Crippen LogP contribution in [0.1, 0.15) is 18.2 Å². The van der Waals surface area contributed by atoms with Crippen molar-refractivity contribution in [2.24, 2.45) is 0 Å². The average Bonchev–Trinajstić information content (AvgIpc) is 3.29. The van der Waals surface area contributed by atoms with Crippen LogP contribution >= 0.6 is 0 Å². The van der Waals surface area contributed by atoms with Gasteiger partial charge in [-0.05, 0) is 24.3 Å². The van der Waals surface area contributed by atoms with Gasteiger partial charge in [0, 0.05) is 25.4 Å². The van der Waals surface area contributed by atoms with Crippen molar-refractivity contribution < 1.29 is 14.3 Å². The first-order chi connectivity index (χ1) is 14.2. The fourth-order valence-electron chi connectivity index (χ4n) is 3.90. The second-order valence-corrected chi connectivity index (χ2v) is 7.10. The second kappa shape index (κ2) is 8.39. The van der Waals surface area contributed by atoms with Crippen LogP contribution in [-0.2, 0) is 11.3 Å². The van der Waals surface area contributed by atoms with Gasteiger partial charge < -0.3 is 18.9 Å². The molecule has 4 rings (SSSR count). The van der Waals surface area contributed by atoms with E-state index in [1.807, 2.05) is 47.4 Å². The number of benzene rings is 2. The number of hydrogen-bond donors (Lipinski definition) is 0. The first-order valence-corrected chi connectivity index (χ1v) is 9.81. The Bertz CT molecular complexity index is 1030. The normalized spacial score (nSPS) is 16.4. The number of aromatic nitrogens is 2. The highest BCUT2D eigenvalue weighted by Crippen LogP contribution is 2.31. The topological polar surface area (TPSA) is 56.6 Å². The van der Waals surface area contributed by atoms with E-state index in [-0.39, 0.29) is 11.8 Å². The summed E-state index contributed by atoms with van der Waals surface area (Å²) in [5, 5.41) is 0. The molecule has 0 bridgehead atoms. The number of para-hydroxylation sites is 4. The fourth-order valence-corrected chi connectivity index (χ4v) is 3.90. The molecule has 6 nitrogen and oxygen atoms in total. The van der Waals surface area contributed by atoms with Gasteiger partial charge in [0.15, 0.2) is 11.5 Å². The van der Waals surface area contributed by atoms with Crippen molar-refractivity contribution in [1.29, 1.82) is 0 Å². The predicted octanol–water partition coefficient (Wildman–Crippen LogP) is 3.63. The number of carbonyl (C=O) groups excluding carboxylic acids is 1.